The van der Waals surface area contributed by atoms with E-state index in [1.807, 2.05) is 49.4 Å². The number of aromatic nitrogens is 1. The second kappa shape index (κ2) is 9.92. The highest BCUT2D eigenvalue weighted by molar-refractivity contribution is 5.66. The second-order valence-electron chi connectivity index (χ2n) is 7.18. The van der Waals surface area contributed by atoms with Crippen molar-refractivity contribution in [1.29, 1.82) is 0 Å². The van der Waals surface area contributed by atoms with Crippen LogP contribution in [0.15, 0.2) is 59.9 Å². The van der Waals surface area contributed by atoms with Crippen LogP contribution in [0.3, 0.4) is 0 Å². The number of nitrogens with zero attached hydrogens (tertiary/aromatic N) is 1. The molecule has 148 valence electrons. The fourth-order valence-corrected chi connectivity index (χ4v) is 3.30. The predicted molar refractivity (Wildman–Crippen MR) is 117 cm³/mol. The van der Waals surface area contributed by atoms with E-state index in [4.69, 9.17) is 16.6 Å². The van der Waals surface area contributed by atoms with Crippen molar-refractivity contribution in [3.8, 4) is 11.3 Å². The highest BCUT2D eigenvalue weighted by atomic mass is 15.2. The highest BCUT2D eigenvalue weighted by Crippen LogP contribution is 2.21. The maximum atomic E-state index is 5.80. The third kappa shape index (κ3) is 5.58. The Labute approximate surface area is 167 Å². The van der Waals surface area contributed by atoms with E-state index in [1.54, 1.807) is 0 Å². The van der Waals surface area contributed by atoms with Crippen LogP contribution in [0.1, 0.15) is 25.3 Å². The number of hydrogen-bond acceptors (Lipinski definition) is 6. The Hall–Kier alpha value is -2.83. The molecule has 1 aliphatic rings. The number of nitrogens with two attached hydrogens (primary N) is 2. The van der Waals surface area contributed by atoms with Crippen LogP contribution in [0.25, 0.3) is 17.3 Å². The van der Waals surface area contributed by atoms with E-state index >= 15 is 0 Å². The Morgan fingerprint density at radius 2 is 2.00 bits per heavy atom. The summed E-state index contributed by atoms with van der Waals surface area (Å²) < 4.78 is 0. The summed E-state index contributed by atoms with van der Waals surface area (Å²) in [5, 5.41) is 6.91. The largest absolute Gasteiger partial charge is 0.401 e. The van der Waals surface area contributed by atoms with Gasteiger partial charge in [0.25, 0.3) is 0 Å². The molecule has 0 bridgehead atoms. The first-order valence-electron chi connectivity index (χ1n) is 9.79. The number of hydrazine groups is 1. The average Bonchev–Trinajstić information content (AvgIpc) is 2.74. The highest BCUT2D eigenvalue weighted by Gasteiger charge is 2.12. The molecule has 3 rings (SSSR count). The van der Waals surface area contributed by atoms with Crippen LogP contribution < -0.4 is 27.6 Å². The molecule has 2 heterocycles. The van der Waals surface area contributed by atoms with Gasteiger partial charge in [0, 0.05) is 17.8 Å². The fourth-order valence-electron chi connectivity index (χ4n) is 3.30. The number of pyridine rings is 1. The van der Waals surface area contributed by atoms with Gasteiger partial charge in [-0.05, 0) is 68.6 Å². The van der Waals surface area contributed by atoms with Crippen LogP contribution in [-0.4, -0.2) is 24.6 Å². The monoisotopic (exact) mass is 378 g/mol. The summed E-state index contributed by atoms with van der Waals surface area (Å²) in [4.78, 5) is 4.80. The fraction of sp³-hybridized carbons (Fsp3) is 0.318. The standard InChI is InChI=1S/C22H30N6/c1-16(23)20(28-24)9-8-17-4-2-5-19(14-17)21-6-3-7-22(27-21)26-15-18-10-12-25-13-11-18/h2-9,14,18,25,28H,10-13,15,23-24H2,1H3,(H,26,27)/b9-8+,20-16-. The Morgan fingerprint density at radius 1 is 1.21 bits per heavy atom. The van der Waals surface area contributed by atoms with E-state index in [-0.39, 0.29) is 0 Å². The number of allylic oxidation sites excluding steroid dienone is 2. The minimum absolute atomic E-state index is 0.643. The smallest absolute Gasteiger partial charge is 0.126 e. The van der Waals surface area contributed by atoms with Gasteiger partial charge in [0.2, 0.25) is 0 Å². The van der Waals surface area contributed by atoms with Gasteiger partial charge in [0.05, 0.1) is 11.4 Å². The third-order valence-corrected chi connectivity index (χ3v) is 4.98. The molecule has 1 aromatic heterocycles. The van der Waals surface area contributed by atoms with Crippen LogP contribution in [0.5, 0.6) is 0 Å². The summed E-state index contributed by atoms with van der Waals surface area (Å²) in [5.74, 6) is 7.14. The van der Waals surface area contributed by atoms with E-state index < -0.39 is 0 Å². The van der Waals surface area contributed by atoms with Crippen LogP contribution in [0.4, 0.5) is 5.82 Å². The number of benzene rings is 1. The minimum atomic E-state index is 0.643. The van der Waals surface area contributed by atoms with Crippen LogP contribution in [-0.2, 0) is 0 Å². The molecule has 1 fully saturated rings. The molecule has 6 heteroatoms. The third-order valence-electron chi connectivity index (χ3n) is 4.98. The van der Waals surface area contributed by atoms with Gasteiger partial charge in [0.1, 0.15) is 5.82 Å². The molecule has 0 amide bonds. The predicted octanol–water partition coefficient (Wildman–Crippen LogP) is 2.83. The van der Waals surface area contributed by atoms with Crippen molar-refractivity contribution < 1.29 is 0 Å². The van der Waals surface area contributed by atoms with Crippen molar-refractivity contribution in [3.05, 3.63) is 65.5 Å². The van der Waals surface area contributed by atoms with Gasteiger partial charge >= 0.3 is 0 Å². The molecule has 1 saturated heterocycles. The molecule has 6 nitrogen and oxygen atoms in total. The molecule has 7 N–H and O–H groups in total. The first-order chi connectivity index (χ1) is 13.7. The van der Waals surface area contributed by atoms with Crippen molar-refractivity contribution in [3.63, 3.8) is 0 Å². The summed E-state index contributed by atoms with van der Waals surface area (Å²) in [6.45, 7) is 5.00. The topological polar surface area (TPSA) is 101 Å². The second-order valence-corrected chi connectivity index (χ2v) is 7.18. The first-order valence-corrected chi connectivity index (χ1v) is 9.79. The zero-order chi connectivity index (χ0) is 19.8. The Bertz CT molecular complexity index is 832. The molecule has 1 aromatic carbocycles. The molecule has 1 aliphatic heterocycles. The van der Waals surface area contributed by atoms with E-state index in [0.717, 1.165) is 42.3 Å². The van der Waals surface area contributed by atoms with E-state index in [1.165, 1.54) is 12.8 Å². The molecule has 28 heavy (non-hydrogen) atoms. The number of hydrogen-bond donors (Lipinski definition) is 5. The maximum absolute atomic E-state index is 5.80. The molecule has 0 aliphatic carbocycles. The molecular formula is C22H30N6. The molecule has 0 radical (unpaired) electrons. The van der Waals surface area contributed by atoms with E-state index in [2.05, 4.69) is 28.2 Å². The van der Waals surface area contributed by atoms with Gasteiger partial charge in [0.15, 0.2) is 0 Å². The van der Waals surface area contributed by atoms with Gasteiger partial charge in [-0.25, -0.2) is 4.98 Å². The van der Waals surface area contributed by atoms with Gasteiger partial charge in [-0.15, -0.1) is 0 Å². The van der Waals surface area contributed by atoms with Crippen LogP contribution in [0, 0.1) is 5.92 Å². The quantitative estimate of drug-likeness (QED) is 0.289. The summed E-state index contributed by atoms with van der Waals surface area (Å²) in [6.07, 6.45) is 6.29. The van der Waals surface area contributed by atoms with Gasteiger partial charge < -0.3 is 21.8 Å². The van der Waals surface area contributed by atoms with Gasteiger partial charge in [-0.3, -0.25) is 5.84 Å². The lowest BCUT2D eigenvalue weighted by molar-refractivity contribution is 0.389. The number of anilines is 1. The zero-order valence-corrected chi connectivity index (χ0v) is 16.4. The van der Waals surface area contributed by atoms with Crippen molar-refractivity contribution in [2.75, 3.05) is 25.0 Å². The molecule has 0 unspecified atom stereocenters. The zero-order valence-electron chi connectivity index (χ0n) is 16.4. The minimum Gasteiger partial charge on any atom is -0.401 e. The van der Waals surface area contributed by atoms with Crippen LogP contribution in [0.2, 0.25) is 0 Å². The molecule has 0 saturated carbocycles. The van der Waals surface area contributed by atoms with E-state index in [0.29, 0.717) is 17.3 Å². The van der Waals surface area contributed by atoms with Crippen molar-refractivity contribution >= 4 is 11.9 Å². The van der Waals surface area contributed by atoms with Gasteiger partial charge in [-0.1, -0.05) is 30.3 Å². The Kier molecular flexibility index (Phi) is 7.06. The maximum Gasteiger partial charge on any atom is 0.126 e. The van der Waals surface area contributed by atoms with Crippen molar-refractivity contribution in [2.45, 2.75) is 19.8 Å². The Morgan fingerprint density at radius 3 is 2.75 bits per heavy atom. The number of nitrogens with one attached hydrogen (secondary N) is 3. The number of rotatable bonds is 7. The summed E-state index contributed by atoms with van der Waals surface area (Å²) in [6, 6.07) is 14.4. The average molecular weight is 379 g/mol. The Balaban J connectivity index is 1.71. The summed E-state index contributed by atoms with van der Waals surface area (Å²) in [5.41, 5.74) is 12.8. The van der Waals surface area contributed by atoms with Crippen molar-refractivity contribution in [2.24, 2.45) is 17.5 Å². The lowest BCUT2D eigenvalue weighted by atomic mass is 9.98. The summed E-state index contributed by atoms with van der Waals surface area (Å²) >= 11 is 0. The van der Waals surface area contributed by atoms with Crippen molar-refractivity contribution in [1.82, 2.24) is 15.7 Å². The van der Waals surface area contributed by atoms with Gasteiger partial charge in [-0.2, -0.15) is 0 Å². The number of piperidine rings is 1. The lowest BCUT2D eigenvalue weighted by Crippen LogP contribution is -2.31. The molecule has 0 spiro atoms. The lowest BCUT2D eigenvalue weighted by Gasteiger charge is -2.23. The van der Waals surface area contributed by atoms with Crippen LogP contribution >= 0.6 is 0 Å². The first kappa shape index (κ1) is 19.9. The molecular weight excluding hydrogens is 348 g/mol. The summed E-state index contributed by atoms with van der Waals surface area (Å²) in [7, 11) is 0. The molecule has 2 aromatic rings. The van der Waals surface area contributed by atoms with E-state index in [9.17, 15) is 0 Å². The molecule has 0 atom stereocenters. The SMILES string of the molecule is C/C(N)=C(\C=C\c1cccc(-c2cccc(NCC3CCNCC3)n2)c1)NN. The normalized spacial score (nSPS) is 16.1.